The van der Waals surface area contributed by atoms with Gasteiger partial charge >= 0.3 is 0 Å². The smallest absolute Gasteiger partial charge is 0.247 e. The SMILES string of the molecule is CCC1CCCCCN1S(=O)(=O)c1ccc(N)cc1OC. The molecule has 0 bridgehead atoms. The normalized spacial score (nSPS) is 21.0. The largest absolute Gasteiger partial charge is 0.495 e. The third-order valence-corrected chi connectivity index (χ3v) is 6.06. The molecule has 0 saturated carbocycles. The number of nitrogens with zero attached hydrogens (tertiary/aromatic N) is 1. The van der Waals surface area contributed by atoms with Crippen LogP contribution < -0.4 is 10.5 Å². The standard InChI is InChI=1S/C15H24N2O3S/c1-3-13-7-5-4-6-10-17(13)21(18,19)15-9-8-12(16)11-14(15)20-2/h8-9,11,13H,3-7,10,16H2,1-2H3. The van der Waals surface area contributed by atoms with Gasteiger partial charge in [0.1, 0.15) is 10.6 Å². The van der Waals surface area contributed by atoms with E-state index >= 15 is 0 Å². The summed E-state index contributed by atoms with van der Waals surface area (Å²) >= 11 is 0. The fourth-order valence-corrected chi connectivity index (χ4v) is 4.80. The van der Waals surface area contributed by atoms with Gasteiger partial charge in [-0.3, -0.25) is 0 Å². The van der Waals surface area contributed by atoms with Crippen molar-refractivity contribution in [2.45, 2.75) is 50.0 Å². The van der Waals surface area contributed by atoms with Crippen molar-refractivity contribution in [1.82, 2.24) is 4.31 Å². The second-order valence-electron chi connectivity index (χ2n) is 5.44. The van der Waals surface area contributed by atoms with Crippen LogP contribution in [0.15, 0.2) is 23.1 Å². The zero-order valence-corrected chi connectivity index (χ0v) is 13.5. The van der Waals surface area contributed by atoms with E-state index in [1.54, 1.807) is 22.5 Å². The fourth-order valence-electron chi connectivity index (χ4n) is 2.90. The van der Waals surface area contributed by atoms with E-state index in [2.05, 4.69) is 0 Å². The van der Waals surface area contributed by atoms with Gasteiger partial charge < -0.3 is 10.5 Å². The van der Waals surface area contributed by atoms with E-state index in [4.69, 9.17) is 10.5 Å². The summed E-state index contributed by atoms with van der Waals surface area (Å²) in [7, 11) is -2.09. The van der Waals surface area contributed by atoms with Crippen LogP contribution in [0.3, 0.4) is 0 Å². The van der Waals surface area contributed by atoms with Gasteiger partial charge in [-0.05, 0) is 31.4 Å². The lowest BCUT2D eigenvalue weighted by Gasteiger charge is -2.28. The van der Waals surface area contributed by atoms with Crippen molar-refractivity contribution >= 4 is 15.7 Å². The minimum Gasteiger partial charge on any atom is -0.495 e. The molecule has 0 aliphatic carbocycles. The highest BCUT2D eigenvalue weighted by molar-refractivity contribution is 7.89. The summed E-state index contributed by atoms with van der Waals surface area (Å²) in [6, 6.07) is 4.78. The van der Waals surface area contributed by atoms with Crippen molar-refractivity contribution in [3.8, 4) is 5.75 Å². The van der Waals surface area contributed by atoms with E-state index in [-0.39, 0.29) is 10.9 Å². The van der Waals surface area contributed by atoms with Crippen molar-refractivity contribution in [1.29, 1.82) is 0 Å². The predicted octanol–water partition coefficient (Wildman–Crippen LogP) is 2.62. The summed E-state index contributed by atoms with van der Waals surface area (Å²) in [5, 5.41) is 0. The third-order valence-electron chi connectivity index (χ3n) is 4.07. The van der Waals surface area contributed by atoms with Crippen LogP contribution in [0.2, 0.25) is 0 Å². The number of hydrogen-bond acceptors (Lipinski definition) is 4. The van der Waals surface area contributed by atoms with Crippen molar-refractivity contribution in [2.24, 2.45) is 0 Å². The molecular weight excluding hydrogens is 288 g/mol. The second-order valence-corrected chi connectivity index (χ2v) is 7.30. The number of rotatable bonds is 4. The van der Waals surface area contributed by atoms with Crippen LogP contribution in [0.25, 0.3) is 0 Å². The van der Waals surface area contributed by atoms with E-state index in [1.807, 2.05) is 6.92 Å². The number of sulfonamides is 1. The molecule has 0 aromatic heterocycles. The molecular formula is C15H24N2O3S. The van der Waals surface area contributed by atoms with Gasteiger partial charge in [0.05, 0.1) is 7.11 Å². The molecule has 118 valence electrons. The maximum absolute atomic E-state index is 13.0. The lowest BCUT2D eigenvalue weighted by Crippen LogP contribution is -2.39. The fraction of sp³-hybridized carbons (Fsp3) is 0.600. The van der Waals surface area contributed by atoms with Gasteiger partial charge in [-0.15, -0.1) is 0 Å². The zero-order valence-electron chi connectivity index (χ0n) is 12.7. The van der Waals surface area contributed by atoms with E-state index < -0.39 is 10.0 Å². The Kier molecular flexibility index (Phi) is 5.11. The maximum atomic E-state index is 13.0. The molecule has 2 N–H and O–H groups in total. The van der Waals surface area contributed by atoms with E-state index in [1.165, 1.54) is 7.11 Å². The topological polar surface area (TPSA) is 72.6 Å². The Morgan fingerprint density at radius 2 is 2.10 bits per heavy atom. The molecule has 0 radical (unpaired) electrons. The Labute approximate surface area is 127 Å². The number of hydrogen-bond donors (Lipinski definition) is 1. The number of methoxy groups -OCH3 is 1. The van der Waals surface area contributed by atoms with Crippen LogP contribution in [0.1, 0.15) is 39.0 Å². The molecule has 21 heavy (non-hydrogen) atoms. The molecule has 0 amide bonds. The summed E-state index contributed by atoms with van der Waals surface area (Å²) in [6.45, 7) is 2.62. The zero-order chi connectivity index (χ0) is 15.5. The first kappa shape index (κ1) is 16.1. The van der Waals surface area contributed by atoms with Crippen molar-refractivity contribution in [3.05, 3.63) is 18.2 Å². The first-order chi connectivity index (χ1) is 10.0. The molecule has 1 aliphatic heterocycles. The first-order valence-electron chi connectivity index (χ1n) is 7.46. The van der Waals surface area contributed by atoms with Crippen LogP contribution in [-0.4, -0.2) is 32.4 Å². The van der Waals surface area contributed by atoms with E-state index in [9.17, 15) is 8.42 Å². The van der Waals surface area contributed by atoms with Crippen molar-refractivity contribution in [2.75, 3.05) is 19.4 Å². The molecule has 2 rings (SSSR count). The van der Waals surface area contributed by atoms with Gasteiger partial charge in [0, 0.05) is 24.3 Å². The van der Waals surface area contributed by atoms with Gasteiger partial charge in [0.15, 0.2) is 0 Å². The van der Waals surface area contributed by atoms with Crippen LogP contribution in [0.5, 0.6) is 5.75 Å². The molecule has 1 fully saturated rings. The summed E-state index contributed by atoms with van der Waals surface area (Å²) in [5.41, 5.74) is 6.21. The Morgan fingerprint density at radius 3 is 2.76 bits per heavy atom. The van der Waals surface area contributed by atoms with E-state index in [0.717, 1.165) is 32.1 Å². The Balaban J connectivity index is 2.44. The van der Waals surface area contributed by atoms with Gasteiger partial charge in [-0.25, -0.2) is 8.42 Å². The summed E-state index contributed by atoms with van der Waals surface area (Å²) < 4.78 is 32.9. The predicted molar refractivity (Wildman–Crippen MR) is 83.8 cm³/mol. The Morgan fingerprint density at radius 1 is 1.33 bits per heavy atom. The van der Waals surface area contributed by atoms with Crippen molar-refractivity contribution < 1.29 is 13.2 Å². The molecule has 6 heteroatoms. The van der Waals surface area contributed by atoms with Gasteiger partial charge in [-0.1, -0.05) is 19.8 Å². The minimum absolute atomic E-state index is 0.0692. The summed E-state index contributed by atoms with van der Waals surface area (Å²) in [5.74, 6) is 0.314. The monoisotopic (exact) mass is 312 g/mol. The quantitative estimate of drug-likeness (QED) is 0.867. The maximum Gasteiger partial charge on any atom is 0.247 e. The average molecular weight is 312 g/mol. The van der Waals surface area contributed by atoms with Crippen LogP contribution in [0, 0.1) is 0 Å². The Bertz CT molecular complexity index is 587. The van der Waals surface area contributed by atoms with Crippen LogP contribution >= 0.6 is 0 Å². The average Bonchev–Trinajstić information content (AvgIpc) is 2.72. The first-order valence-corrected chi connectivity index (χ1v) is 8.90. The van der Waals surface area contributed by atoms with Crippen LogP contribution in [-0.2, 0) is 10.0 Å². The molecule has 1 aliphatic rings. The number of benzene rings is 1. The number of nitrogens with two attached hydrogens (primary N) is 1. The Hall–Kier alpha value is -1.27. The summed E-state index contributed by atoms with van der Waals surface area (Å²) in [4.78, 5) is 0.208. The lowest BCUT2D eigenvalue weighted by atomic mass is 10.1. The molecule has 5 nitrogen and oxygen atoms in total. The molecule has 1 saturated heterocycles. The van der Waals surface area contributed by atoms with Crippen molar-refractivity contribution in [3.63, 3.8) is 0 Å². The van der Waals surface area contributed by atoms with Gasteiger partial charge in [0.25, 0.3) is 0 Å². The second kappa shape index (κ2) is 6.66. The van der Waals surface area contributed by atoms with Gasteiger partial charge in [-0.2, -0.15) is 4.31 Å². The third kappa shape index (κ3) is 3.32. The highest BCUT2D eigenvalue weighted by atomic mass is 32.2. The van der Waals surface area contributed by atoms with Crippen LogP contribution in [0.4, 0.5) is 5.69 Å². The van der Waals surface area contributed by atoms with E-state index in [0.29, 0.717) is 18.0 Å². The lowest BCUT2D eigenvalue weighted by molar-refractivity contribution is 0.312. The van der Waals surface area contributed by atoms with Gasteiger partial charge in [0.2, 0.25) is 10.0 Å². The number of ether oxygens (including phenoxy) is 1. The molecule has 1 heterocycles. The highest BCUT2D eigenvalue weighted by Crippen LogP contribution is 2.32. The molecule has 1 aromatic carbocycles. The highest BCUT2D eigenvalue weighted by Gasteiger charge is 2.33. The molecule has 1 unspecified atom stereocenters. The number of nitrogen functional groups attached to an aromatic ring is 1. The minimum atomic E-state index is -3.55. The molecule has 1 atom stereocenters. The summed E-state index contributed by atoms with van der Waals surface area (Å²) in [6.07, 6.45) is 4.83. The molecule has 0 spiro atoms. The molecule has 1 aromatic rings. The number of anilines is 1.